The van der Waals surface area contributed by atoms with Crippen LogP contribution in [0.2, 0.25) is 10.2 Å². The highest BCUT2D eigenvalue weighted by molar-refractivity contribution is 6.41. The Morgan fingerprint density at radius 3 is 2.71 bits per heavy atom. The van der Waals surface area contributed by atoms with Crippen molar-refractivity contribution in [3.05, 3.63) is 28.0 Å². The number of aliphatic hydroxyl groups excluding tert-OH is 1. The zero-order valence-electron chi connectivity index (χ0n) is 9.63. The summed E-state index contributed by atoms with van der Waals surface area (Å²) in [6.07, 6.45) is 1.83. The summed E-state index contributed by atoms with van der Waals surface area (Å²) in [7, 11) is 0. The number of rotatable bonds is 4. The average Bonchev–Trinajstić information content (AvgIpc) is 2.21. The highest BCUT2D eigenvalue weighted by atomic mass is 35.5. The van der Waals surface area contributed by atoms with Gasteiger partial charge in [-0.1, -0.05) is 23.2 Å². The van der Waals surface area contributed by atoms with E-state index >= 15 is 0 Å². The van der Waals surface area contributed by atoms with E-state index in [2.05, 4.69) is 10.3 Å². The van der Waals surface area contributed by atoms with Crippen LogP contribution in [0.1, 0.15) is 30.6 Å². The van der Waals surface area contributed by atoms with Crippen molar-refractivity contribution >= 4 is 29.1 Å². The molecule has 0 unspecified atom stereocenters. The normalized spacial score (nSPS) is 11.4. The van der Waals surface area contributed by atoms with Gasteiger partial charge in [0.2, 0.25) is 0 Å². The van der Waals surface area contributed by atoms with Crippen molar-refractivity contribution in [3.63, 3.8) is 0 Å². The first-order valence-electron chi connectivity index (χ1n) is 5.10. The van der Waals surface area contributed by atoms with Gasteiger partial charge in [0.15, 0.2) is 0 Å². The quantitative estimate of drug-likeness (QED) is 0.830. The number of hydrogen-bond acceptors (Lipinski definition) is 3. The molecule has 1 aromatic heterocycles. The zero-order valence-corrected chi connectivity index (χ0v) is 11.1. The molecule has 0 aliphatic heterocycles. The second-order valence-electron chi connectivity index (χ2n) is 4.31. The van der Waals surface area contributed by atoms with Crippen LogP contribution in [0, 0.1) is 0 Å². The van der Waals surface area contributed by atoms with E-state index in [9.17, 15) is 4.79 Å². The third kappa shape index (κ3) is 4.15. The molecule has 0 saturated carbocycles. The Hall–Kier alpha value is -0.840. The van der Waals surface area contributed by atoms with E-state index in [0.717, 1.165) is 0 Å². The maximum atomic E-state index is 11.9. The van der Waals surface area contributed by atoms with Crippen LogP contribution in [-0.4, -0.2) is 28.1 Å². The predicted molar refractivity (Wildman–Crippen MR) is 67.5 cm³/mol. The largest absolute Gasteiger partial charge is 0.396 e. The molecule has 1 rings (SSSR count). The summed E-state index contributed by atoms with van der Waals surface area (Å²) in [6.45, 7) is 3.66. The van der Waals surface area contributed by atoms with E-state index in [4.69, 9.17) is 28.3 Å². The predicted octanol–water partition coefficient (Wildman–Crippen LogP) is 2.28. The molecule has 0 spiro atoms. The highest BCUT2D eigenvalue weighted by Crippen LogP contribution is 2.20. The van der Waals surface area contributed by atoms with Gasteiger partial charge in [0.05, 0.1) is 10.6 Å². The average molecular weight is 277 g/mol. The number of aromatic nitrogens is 1. The smallest absolute Gasteiger partial charge is 0.253 e. The number of carbonyl (C=O) groups excluding carboxylic acids is 1. The Balaban J connectivity index is 2.80. The maximum absolute atomic E-state index is 11.9. The van der Waals surface area contributed by atoms with Crippen LogP contribution in [0.5, 0.6) is 0 Å². The Morgan fingerprint density at radius 2 is 2.18 bits per heavy atom. The lowest BCUT2D eigenvalue weighted by Crippen LogP contribution is -2.44. The van der Waals surface area contributed by atoms with Crippen molar-refractivity contribution in [3.8, 4) is 0 Å². The topological polar surface area (TPSA) is 62.2 Å². The first-order valence-corrected chi connectivity index (χ1v) is 5.86. The number of amides is 1. The first-order chi connectivity index (χ1) is 7.85. The van der Waals surface area contributed by atoms with Crippen molar-refractivity contribution < 1.29 is 9.90 Å². The van der Waals surface area contributed by atoms with E-state index in [0.29, 0.717) is 12.0 Å². The summed E-state index contributed by atoms with van der Waals surface area (Å²) in [5.41, 5.74) is -0.150. The van der Waals surface area contributed by atoms with Crippen LogP contribution in [0.3, 0.4) is 0 Å². The lowest BCUT2D eigenvalue weighted by Gasteiger charge is -2.25. The summed E-state index contributed by atoms with van der Waals surface area (Å²) < 4.78 is 0. The molecule has 0 saturated heterocycles. The first kappa shape index (κ1) is 14.2. The Bertz CT molecular complexity index is 422. The number of aliphatic hydroxyl groups is 1. The third-order valence-corrected chi connectivity index (χ3v) is 2.93. The fraction of sp³-hybridized carbons (Fsp3) is 0.455. The Morgan fingerprint density at radius 1 is 1.53 bits per heavy atom. The molecule has 0 radical (unpaired) electrons. The second kappa shape index (κ2) is 5.67. The van der Waals surface area contributed by atoms with Gasteiger partial charge in [-0.2, -0.15) is 0 Å². The molecule has 6 heteroatoms. The van der Waals surface area contributed by atoms with E-state index in [1.54, 1.807) is 0 Å². The number of nitrogens with zero attached hydrogens (tertiary/aromatic N) is 1. The van der Waals surface area contributed by atoms with E-state index < -0.39 is 5.54 Å². The van der Waals surface area contributed by atoms with Crippen LogP contribution < -0.4 is 5.32 Å². The summed E-state index contributed by atoms with van der Waals surface area (Å²) in [6, 6.07) is 1.46. The number of halogens is 2. The van der Waals surface area contributed by atoms with E-state index in [1.807, 2.05) is 13.8 Å². The SMILES string of the molecule is CC(C)(CCO)NC(=O)c1cnc(Cl)c(Cl)c1. The molecule has 1 amide bonds. The number of carbonyl (C=O) groups is 1. The Labute approximate surface area is 110 Å². The van der Waals surface area contributed by atoms with Crippen molar-refractivity contribution in [2.75, 3.05) is 6.61 Å². The molecule has 0 bridgehead atoms. The van der Waals surface area contributed by atoms with Gasteiger partial charge in [-0.05, 0) is 26.3 Å². The number of pyridine rings is 1. The molecule has 94 valence electrons. The monoisotopic (exact) mass is 276 g/mol. The molecule has 4 nitrogen and oxygen atoms in total. The molecule has 17 heavy (non-hydrogen) atoms. The van der Waals surface area contributed by atoms with Gasteiger partial charge in [-0.25, -0.2) is 4.98 Å². The number of hydrogen-bond donors (Lipinski definition) is 2. The highest BCUT2D eigenvalue weighted by Gasteiger charge is 2.21. The molecule has 1 aromatic rings. The standard InChI is InChI=1S/C11H14Cl2N2O2/c1-11(2,3-4-16)15-10(17)7-5-8(12)9(13)14-6-7/h5-6,16H,3-4H2,1-2H3,(H,15,17). The lowest BCUT2D eigenvalue weighted by atomic mass is 10.0. The minimum Gasteiger partial charge on any atom is -0.396 e. The number of nitrogens with one attached hydrogen (secondary N) is 1. The van der Waals surface area contributed by atoms with Gasteiger partial charge >= 0.3 is 0 Å². The molecular formula is C11H14Cl2N2O2. The zero-order chi connectivity index (χ0) is 13.1. The molecular weight excluding hydrogens is 263 g/mol. The van der Waals surface area contributed by atoms with Crippen LogP contribution in [-0.2, 0) is 0 Å². The minimum atomic E-state index is -0.488. The van der Waals surface area contributed by atoms with Gasteiger partial charge in [0, 0.05) is 18.3 Å². The van der Waals surface area contributed by atoms with E-state index in [-0.39, 0.29) is 22.7 Å². The molecule has 1 heterocycles. The van der Waals surface area contributed by atoms with Crippen molar-refractivity contribution in [2.45, 2.75) is 25.8 Å². The van der Waals surface area contributed by atoms with Crippen LogP contribution in [0.4, 0.5) is 0 Å². The van der Waals surface area contributed by atoms with Crippen molar-refractivity contribution in [2.24, 2.45) is 0 Å². The van der Waals surface area contributed by atoms with Crippen LogP contribution >= 0.6 is 23.2 Å². The molecule has 0 atom stereocenters. The summed E-state index contributed by atoms with van der Waals surface area (Å²) >= 11 is 11.4. The van der Waals surface area contributed by atoms with Crippen LogP contribution in [0.25, 0.3) is 0 Å². The molecule has 0 aliphatic carbocycles. The third-order valence-electron chi connectivity index (χ3n) is 2.25. The molecule has 0 fully saturated rings. The fourth-order valence-electron chi connectivity index (χ4n) is 1.27. The van der Waals surface area contributed by atoms with E-state index in [1.165, 1.54) is 12.3 Å². The lowest BCUT2D eigenvalue weighted by molar-refractivity contribution is 0.0899. The fourth-order valence-corrected chi connectivity index (χ4v) is 1.54. The van der Waals surface area contributed by atoms with Crippen LogP contribution in [0.15, 0.2) is 12.3 Å². The second-order valence-corrected chi connectivity index (χ2v) is 5.07. The molecule has 2 N–H and O–H groups in total. The van der Waals surface area contributed by atoms with Gasteiger partial charge in [0.25, 0.3) is 5.91 Å². The minimum absolute atomic E-state index is 0.00685. The summed E-state index contributed by atoms with van der Waals surface area (Å²) in [5.74, 6) is -0.297. The Kier molecular flexibility index (Phi) is 4.74. The summed E-state index contributed by atoms with van der Waals surface area (Å²) in [5, 5.41) is 12.0. The van der Waals surface area contributed by atoms with Gasteiger partial charge < -0.3 is 10.4 Å². The molecule has 0 aromatic carbocycles. The van der Waals surface area contributed by atoms with Gasteiger partial charge in [-0.3, -0.25) is 4.79 Å². The van der Waals surface area contributed by atoms with Gasteiger partial charge in [0.1, 0.15) is 5.15 Å². The van der Waals surface area contributed by atoms with Gasteiger partial charge in [-0.15, -0.1) is 0 Å². The van der Waals surface area contributed by atoms with Crippen molar-refractivity contribution in [1.29, 1.82) is 0 Å². The summed E-state index contributed by atoms with van der Waals surface area (Å²) in [4.78, 5) is 15.7. The molecule has 0 aliphatic rings. The maximum Gasteiger partial charge on any atom is 0.253 e. The van der Waals surface area contributed by atoms with Crippen molar-refractivity contribution in [1.82, 2.24) is 10.3 Å².